The third kappa shape index (κ3) is 3.59. The number of amides is 2. The van der Waals surface area contributed by atoms with Crippen molar-refractivity contribution < 1.29 is 22.8 Å². The first-order valence-electron chi connectivity index (χ1n) is 7.83. The standard InChI is InChI=1S/C16H17F3N4O2/c17-16(18,19)9-3-4-10-11(5-9)12(6-13(24)22-15(20)21)23(14(10)25)7-8-1-2-8/h3-5,8,12H,1-2,6-7H2,(H4,20,21,22,24)/t12-/m0/s1. The van der Waals surface area contributed by atoms with E-state index in [9.17, 15) is 22.8 Å². The first kappa shape index (κ1) is 17.2. The molecule has 25 heavy (non-hydrogen) atoms. The minimum Gasteiger partial charge on any atom is -0.370 e. The second kappa shape index (κ2) is 6.05. The summed E-state index contributed by atoms with van der Waals surface area (Å²) in [6.07, 6.45) is -2.86. The molecule has 134 valence electrons. The molecular weight excluding hydrogens is 337 g/mol. The molecule has 1 aromatic rings. The average Bonchev–Trinajstić information content (AvgIpc) is 3.28. The van der Waals surface area contributed by atoms with E-state index in [0.29, 0.717) is 12.5 Å². The highest BCUT2D eigenvalue weighted by atomic mass is 19.4. The molecule has 0 radical (unpaired) electrons. The molecule has 1 fully saturated rings. The van der Waals surface area contributed by atoms with Crippen LogP contribution in [0.3, 0.4) is 0 Å². The normalized spacial score (nSPS) is 19.7. The molecule has 0 aromatic heterocycles. The van der Waals surface area contributed by atoms with E-state index in [1.807, 2.05) is 0 Å². The predicted molar refractivity (Wildman–Crippen MR) is 82.6 cm³/mol. The maximum absolute atomic E-state index is 13.0. The molecule has 1 saturated carbocycles. The monoisotopic (exact) mass is 354 g/mol. The Hall–Kier alpha value is -2.58. The number of halogens is 3. The topological polar surface area (TPSA) is 99.3 Å². The van der Waals surface area contributed by atoms with Crippen LogP contribution in [0, 0.1) is 11.3 Å². The van der Waals surface area contributed by atoms with Gasteiger partial charge in [-0.25, -0.2) is 0 Å². The van der Waals surface area contributed by atoms with Crippen LogP contribution in [0.15, 0.2) is 18.2 Å². The van der Waals surface area contributed by atoms with Gasteiger partial charge in [0.25, 0.3) is 5.91 Å². The number of benzene rings is 1. The Kier molecular flexibility index (Phi) is 4.18. The van der Waals surface area contributed by atoms with E-state index in [1.165, 1.54) is 11.0 Å². The number of nitrogens with two attached hydrogens (primary N) is 1. The largest absolute Gasteiger partial charge is 0.416 e. The number of carbonyl (C=O) groups excluding carboxylic acids is 2. The Balaban J connectivity index is 1.94. The van der Waals surface area contributed by atoms with Crippen LogP contribution in [0.5, 0.6) is 0 Å². The highest BCUT2D eigenvalue weighted by Gasteiger charge is 2.42. The Morgan fingerprint density at radius 2 is 2.04 bits per heavy atom. The smallest absolute Gasteiger partial charge is 0.370 e. The number of nitrogens with one attached hydrogen (secondary N) is 2. The SMILES string of the molecule is N=C(N)NC(=O)C[C@H]1c2cc(C(F)(F)F)ccc2C(=O)N1CC1CC1. The summed E-state index contributed by atoms with van der Waals surface area (Å²) in [7, 11) is 0. The van der Waals surface area contributed by atoms with Gasteiger partial charge in [-0.1, -0.05) is 0 Å². The van der Waals surface area contributed by atoms with E-state index >= 15 is 0 Å². The van der Waals surface area contributed by atoms with Crippen molar-refractivity contribution >= 4 is 17.8 Å². The van der Waals surface area contributed by atoms with Gasteiger partial charge in [-0.15, -0.1) is 0 Å². The van der Waals surface area contributed by atoms with Crippen LogP contribution in [0.1, 0.15) is 46.8 Å². The average molecular weight is 354 g/mol. The number of carbonyl (C=O) groups is 2. The van der Waals surface area contributed by atoms with Gasteiger partial charge in [-0.2, -0.15) is 13.2 Å². The van der Waals surface area contributed by atoms with Gasteiger partial charge in [0.05, 0.1) is 18.0 Å². The number of fused-ring (bicyclic) bond motifs is 1. The second-order valence-electron chi connectivity index (χ2n) is 6.38. The summed E-state index contributed by atoms with van der Waals surface area (Å²) in [6, 6.07) is 2.20. The molecule has 1 aromatic carbocycles. The third-order valence-corrected chi connectivity index (χ3v) is 4.41. The summed E-state index contributed by atoms with van der Waals surface area (Å²) in [5.41, 5.74) is 4.64. The second-order valence-corrected chi connectivity index (χ2v) is 6.38. The highest BCUT2D eigenvalue weighted by Crippen LogP contribution is 2.42. The molecule has 9 heteroatoms. The molecule has 1 aliphatic heterocycles. The van der Waals surface area contributed by atoms with Crippen molar-refractivity contribution in [2.24, 2.45) is 11.7 Å². The molecular formula is C16H17F3N4O2. The number of alkyl halides is 3. The molecule has 4 N–H and O–H groups in total. The fraction of sp³-hybridized carbons (Fsp3) is 0.438. The number of rotatable bonds is 4. The van der Waals surface area contributed by atoms with Crippen LogP contribution in [0.25, 0.3) is 0 Å². The molecule has 0 saturated heterocycles. The van der Waals surface area contributed by atoms with Crippen LogP contribution in [0.2, 0.25) is 0 Å². The van der Waals surface area contributed by atoms with Crippen molar-refractivity contribution in [3.8, 4) is 0 Å². The summed E-state index contributed by atoms with van der Waals surface area (Å²) >= 11 is 0. The Bertz CT molecular complexity index is 743. The van der Waals surface area contributed by atoms with Crippen molar-refractivity contribution in [3.63, 3.8) is 0 Å². The van der Waals surface area contributed by atoms with Crippen molar-refractivity contribution in [2.45, 2.75) is 31.5 Å². The van der Waals surface area contributed by atoms with Crippen LogP contribution < -0.4 is 11.1 Å². The summed E-state index contributed by atoms with van der Waals surface area (Å²) in [5.74, 6) is -1.21. The minimum absolute atomic E-state index is 0.189. The van der Waals surface area contributed by atoms with Gasteiger partial charge in [0.15, 0.2) is 5.96 Å². The van der Waals surface area contributed by atoms with E-state index in [-0.39, 0.29) is 23.5 Å². The number of hydrogen-bond acceptors (Lipinski definition) is 3. The molecule has 0 spiro atoms. The highest BCUT2D eigenvalue weighted by molar-refractivity contribution is 6.01. The summed E-state index contributed by atoms with van der Waals surface area (Å²) < 4.78 is 39.0. The maximum atomic E-state index is 13.0. The molecule has 1 heterocycles. The van der Waals surface area contributed by atoms with Gasteiger partial charge in [0, 0.05) is 12.1 Å². The molecule has 3 rings (SSSR count). The van der Waals surface area contributed by atoms with Crippen molar-refractivity contribution in [1.29, 1.82) is 5.41 Å². The fourth-order valence-corrected chi connectivity index (χ4v) is 3.06. The number of nitrogens with zero attached hydrogens (tertiary/aromatic N) is 1. The van der Waals surface area contributed by atoms with Crippen molar-refractivity contribution in [2.75, 3.05) is 6.54 Å². The first-order chi connectivity index (χ1) is 11.7. The Morgan fingerprint density at radius 3 is 2.60 bits per heavy atom. The van der Waals surface area contributed by atoms with Crippen LogP contribution in [0.4, 0.5) is 13.2 Å². The zero-order valence-electron chi connectivity index (χ0n) is 13.2. The van der Waals surface area contributed by atoms with Gasteiger partial charge >= 0.3 is 6.18 Å². The lowest BCUT2D eigenvalue weighted by molar-refractivity contribution is -0.137. The van der Waals surface area contributed by atoms with Crippen LogP contribution >= 0.6 is 0 Å². The van der Waals surface area contributed by atoms with Gasteiger partial charge in [0.2, 0.25) is 5.91 Å². The van der Waals surface area contributed by atoms with E-state index in [4.69, 9.17) is 11.1 Å². The quantitative estimate of drug-likeness (QED) is 0.570. The van der Waals surface area contributed by atoms with Gasteiger partial charge in [0.1, 0.15) is 0 Å². The third-order valence-electron chi connectivity index (χ3n) is 4.41. The lowest BCUT2D eigenvalue weighted by Gasteiger charge is -2.25. The fourth-order valence-electron chi connectivity index (χ4n) is 3.06. The van der Waals surface area contributed by atoms with Crippen molar-refractivity contribution in [3.05, 3.63) is 34.9 Å². The zero-order valence-corrected chi connectivity index (χ0v) is 13.2. The maximum Gasteiger partial charge on any atom is 0.416 e. The van der Waals surface area contributed by atoms with Gasteiger partial charge in [-0.05, 0) is 42.5 Å². The first-order valence-corrected chi connectivity index (χ1v) is 7.83. The van der Waals surface area contributed by atoms with E-state index < -0.39 is 29.6 Å². The summed E-state index contributed by atoms with van der Waals surface area (Å²) in [4.78, 5) is 26.0. The lowest BCUT2D eigenvalue weighted by Crippen LogP contribution is -2.39. The Labute approximate surface area is 141 Å². The van der Waals surface area contributed by atoms with Crippen LogP contribution in [-0.4, -0.2) is 29.2 Å². The van der Waals surface area contributed by atoms with Crippen LogP contribution in [-0.2, 0) is 11.0 Å². The molecule has 2 amide bonds. The van der Waals surface area contributed by atoms with E-state index in [0.717, 1.165) is 25.0 Å². The summed E-state index contributed by atoms with van der Waals surface area (Å²) in [5, 5.41) is 9.20. The van der Waals surface area contributed by atoms with Gasteiger partial charge in [-0.3, -0.25) is 20.3 Å². The number of guanidine groups is 1. The zero-order chi connectivity index (χ0) is 18.4. The molecule has 6 nitrogen and oxygen atoms in total. The number of hydrogen-bond donors (Lipinski definition) is 3. The minimum atomic E-state index is -4.53. The molecule has 2 aliphatic rings. The molecule has 1 atom stereocenters. The molecule has 1 aliphatic carbocycles. The predicted octanol–water partition coefficient (Wildman–Crippen LogP) is 2.01. The molecule has 0 bridgehead atoms. The summed E-state index contributed by atoms with van der Waals surface area (Å²) in [6.45, 7) is 0.410. The molecule has 0 unspecified atom stereocenters. The van der Waals surface area contributed by atoms with E-state index in [2.05, 4.69) is 5.32 Å². The van der Waals surface area contributed by atoms with E-state index in [1.54, 1.807) is 0 Å². The lowest BCUT2D eigenvalue weighted by atomic mass is 9.98. The van der Waals surface area contributed by atoms with Crippen molar-refractivity contribution in [1.82, 2.24) is 10.2 Å². The Morgan fingerprint density at radius 1 is 1.36 bits per heavy atom. The van der Waals surface area contributed by atoms with Gasteiger partial charge < -0.3 is 10.6 Å².